The Hall–Kier alpha value is -1.92. The fourth-order valence-corrected chi connectivity index (χ4v) is 3.92. The highest BCUT2D eigenvalue weighted by Crippen LogP contribution is 2.21. The average molecular weight is 438 g/mol. The van der Waals surface area contributed by atoms with Gasteiger partial charge in [0.2, 0.25) is 11.8 Å². The van der Waals surface area contributed by atoms with Crippen molar-refractivity contribution in [3.63, 3.8) is 0 Å². The van der Waals surface area contributed by atoms with Gasteiger partial charge in [0.25, 0.3) is 0 Å². The minimum absolute atomic E-state index is 0.211. The molecule has 31 heavy (non-hydrogen) atoms. The van der Waals surface area contributed by atoms with Crippen LogP contribution >= 0.6 is 0 Å². The molecule has 2 aliphatic carbocycles. The van der Waals surface area contributed by atoms with Crippen molar-refractivity contribution in [2.75, 3.05) is 13.1 Å². The number of amides is 2. The van der Waals surface area contributed by atoms with Crippen molar-refractivity contribution in [1.82, 2.24) is 10.6 Å². The van der Waals surface area contributed by atoms with E-state index in [4.69, 9.17) is 5.21 Å². The van der Waals surface area contributed by atoms with E-state index in [1.54, 1.807) is 0 Å². The van der Waals surface area contributed by atoms with E-state index in [0.29, 0.717) is 23.5 Å². The van der Waals surface area contributed by atoms with Crippen LogP contribution in [0.2, 0.25) is 0 Å². The molecule has 178 valence electrons. The molecule has 4 fully saturated rings. The fraction of sp³-hybridized carbons (Fsp3) is 0.833. The second-order valence-corrected chi connectivity index (χ2v) is 9.80. The predicted octanol–water partition coefficient (Wildman–Crippen LogP) is 4.08. The van der Waals surface area contributed by atoms with Crippen molar-refractivity contribution < 1.29 is 19.6 Å². The van der Waals surface area contributed by atoms with Gasteiger partial charge in [-0.2, -0.15) is 0 Å². The summed E-state index contributed by atoms with van der Waals surface area (Å²) in [6, 6.07) is 0. The number of nitrogens with zero attached hydrogens (tertiary/aromatic N) is 1. The minimum Gasteiger partial charge on any atom is -0.411 e. The van der Waals surface area contributed by atoms with E-state index in [-0.39, 0.29) is 11.8 Å². The number of hydrogen-bond acceptors (Lipinski definition) is 5. The van der Waals surface area contributed by atoms with Gasteiger partial charge in [0.05, 0.1) is 5.71 Å². The SMILES string of the molecule is CC1CC/C(=N/O)C1.CC1CCC(=O)C1.CC1CCC(=O)NC1.CC1CCNC(=O)C1. The summed E-state index contributed by atoms with van der Waals surface area (Å²) in [7, 11) is 0. The molecule has 0 bridgehead atoms. The predicted molar refractivity (Wildman–Crippen MR) is 123 cm³/mol. The van der Waals surface area contributed by atoms with E-state index in [1.165, 1.54) is 6.42 Å². The highest BCUT2D eigenvalue weighted by Gasteiger charge is 2.17. The molecule has 0 aromatic carbocycles. The topological polar surface area (TPSA) is 108 Å². The molecule has 4 aliphatic rings. The maximum atomic E-state index is 10.6. The van der Waals surface area contributed by atoms with Crippen molar-refractivity contribution >= 4 is 23.3 Å². The number of rotatable bonds is 0. The number of oxime groups is 1. The Morgan fingerprint density at radius 2 is 1.32 bits per heavy atom. The maximum absolute atomic E-state index is 10.6. The molecule has 7 nitrogen and oxygen atoms in total. The summed E-state index contributed by atoms with van der Waals surface area (Å²) in [5.74, 6) is 3.57. The number of carbonyl (C=O) groups excluding carboxylic acids is 3. The fourth-order valence-electron chi connectivity index (χ4n) is 3.92. The number of piperidine rings is 2. The van der Waals surface area contributed by atoms with E-state index in [0.717, 1.165) is 82.5 Å². The number of hydrogen-bond donors (Lipinski definition) is 3. The summed E-state index contributed by atoms with van der Waals surface area (Å²) >= 11 is 0. The quantitative estimate of drug-likeness (QED) is 0.392. The lowest BCUT2D eigenvalue weighted by Crippen LogP contribution is -2.33. The van der Waals surface area contributed by atoms with Gasteiger partial charge in [0.15, 0.2) is 0 Å². The van der Waals surface area contributed by atoms with Gasteiger partial charge >= 0.3 is 0 Å². The van der Waals surface area contributed by atoms with Crippen molar-refractivity contribution in [2.24, 2.45) is 28.8 Å². The first-order chi connectivity index (χ1) is 14.7. The number of nitrogens with one attached hydrogen (secondary N) is 2. The van der Waals surface area contributed by atoms with Crippen molar-refractivity contribution in [3.8, 4) is 0 Å². The van der Waals surface area contributed by atoms with Gasteiger partial charge in [-0.25, -0.2) is 0 Å². The molecule has 2 saturated heterocycles. The van der Waals surface area contributed by atoms with E-state index in [9.17, 15) is 14.4 Å². The van der Waals surface area contributed by atoms with Crippen molar-refractivity contribution in [2.45, 2.75) is 91.9 Å². The number of Topliss-reactive ketones (excluding diaryl/α,β-unsaturated/α-hetero) is 1. The molecular formula is C24H43N3O4. The minimum atomic E-state index is 0.211. The molecule has 2 aliphatic heterocycles. The first-order valence-corrected chi connectivity index (χ1v) is 11.9. The van der Waals surface area contributed by atoms with Crippen LogP contribution in [0.3, 0.4) is 0 Å². The van der Waals surface area contributed by atoms with Crippen LogP contribution in [0.1, 0.15) is 91.9 Å². The summed E-state index contributed by atoms with van der Waals surface area (Å²) in [4.78, 5) is 31.5. The molecule has 3 N–H and O–H groups in total. The van der Waals surface area contributed by atoms with Gasteiger partial charge in [-0.1, -0.05) is 32.9 Å². The first-order valence-electron chi connectivity index (χ1n) is 11.9. The Morgan fingerprint density at radius 1 is 0.710 bits per heavy atom. The third kappa shape index (κ3) is 13.2. The molecule has 0 aromatic rings. The zero-order chi connectivity index (χ0) is 23.2. The number of ketones is 1. The Labute approximate surface area is 187 Å². The maximum Gasteiger partial charge on any atom is 0.220 e. The van der Waals surface area contributed by atoms with Crippen LogP contribution in [-0.4, -0.2) is 41.6 Å². The molecule has 2 saturated carbocycles. The zero-order valence-corrected chi connectivity index (χ0v) is 19.9. The van der Waals surface area contributed by atoms with Crippen LogP contribution in [0, 0.1) is 23.7 Å². The molecule has 0 aromatic heterocycles. The van der Waals surface area contributed by atoms with Crippen LogP contribution in [-0.2, 0) is 14.4 Å². The zero-order valence-electron chi connectivity index (χ0n) is 19.9. The normalized spacial score (nSPS) is 31.2. The highest BCUT2D eigenvalue weighted by molar-refractivity contribution is 5.85. The lowest BCUT2D eigenvalue weighted by molar-refractivity contribution is -0.123. The molecule has 7 heteroatoms. The van der Waals surface area contributed by atoms with Crippen LogP contribution in [0.5, 0.6) is 0 Å². The number of carbonyl (C=O) groups is 3. The largest absolute Gasteiger partial charge is 0.411 e. The van der Waals surface area contributed by atoms with Gasteiger partial charge in [-0.3, -0.25) is 14.4 Å². The average Bonchev–Trinajstić information content (AvgIpc) is 3.32. The third-order valence-corrected chi connectivity index (χ3v) is 6.15. The summed E-state index contributed by atoms with van der Waals surface area (Å²) in [5, 5.41) is 17.0. The Morgan fingerprint density at radius 3 is 1.61 bits per heavy atom. The smallest absolute Gasteiger partial charge is 0.220 e. The van der Waals surface area contributed by atoms with Gasteiger partial charge in [-0.15, -0.1) is 0 Å². The Bertz CT molecular complexity index is 596. The summed E-state index contributed by atoms with van der Waals surface area (Å²) < 4.78 is 0. The summed E-state index contributed by atoms with van der Waals surface area (Å²) in [6.07, 6.45) is 9.63. The summed E-state index contributed by atoms with van der Waals surface area (Å²) in [5.41, 5.74) is 0.970. The standard InChI is InChI=1S/3C6H11NO.C6H10O/c1-5-2-3-7-6(8)4-5;1-5-2-3-6(8)7-4-5;1-5-2-3-6(4-5)7-8;1-5-2-3-6(7)4-5/h2*5H,2-4H2,1H3,(H,7,8);5,8H,2-4H2,1H3;5H,2-4H2,1H3/b;;7-6-;. The van der Waals surface area contributed by atoms with Gasteiger partial charge in [0.1, 0.15) is 5.78 Å². The van der Waals surface area contributed by atoms with Gasteiger partial charge < -0.3 is 15.8 Å². The van der Waals surface area contributed by atoms with Crippen molar-refractivity contribution in [1.29, 1.82) is 0 Å². The lowest BCUT2D eigenvalue weighted by atomic mass is 10.0. The molecule has 4 unspecified atom stereocenters. The van der Waals surface area contributed by atoms with Crippen LogP contribution in [0.25, 0.3) is 0 Å². The molecule has 2 amide bonds. The monoisotopic (exact) mass is 437 g/mol. The van der Waals surface area contributed by atoms with E-state index in [2.05, 4.69) is 43.5 Å². The molecule has 2 heterocycles. The van der Waals surface area contributed by atoms with Gasteiger partial charge in [0, 0.05) is 38.8 Å². The van der Waals surface area contributed by atoms with E-state index >= 15 is 0 Å². The van der Waals surface area contributed by atoms with Crippen molar-refractivity contribution in [3.05, 3.63) is 0 Å². The third-order valence-electron chi connectivity index (χ3n) is 6.15. The molecular weight excluding hydrogens is 394 g/mol. The second-order valence-electron chi connectivity index (χ2n) is 9.80. The van der Waals surface area contributed by atoms with Crippen LogP contribution < -0.4 is 10.6 Å². The molecule has 4 atom stereocenters. The summed E-state index contributed by atoms with van der Waals surface area (Å²) in [6.45, 7) is 10.3. The molecule has 0 radical (unpaired) electrons. The Kier molecular flexibility index (Phi) is 13.1. The highest BCUT2D eigenvalue weighted by atomic mass is 16.4. The molecule has 0 spiro atoms. The van der Waals surface area contributed by atoms with Crippen LogP contribution in [0.15, 0.2) is 5.16 Å². The van der Waals surface area contributed by atoms with E-state index < -0.39 is 0 Å². The first kappa shape index (κ1) is 27.1. The van der Waals surface area contributed by atoms with E-state index in [1.807, 2.05) is 0 Å². The molecule has 4 rings (SSSR count). The van der Waals surface area contributed by atoms with Gasteiger partial charge in [-0.05, 0) is 62.2 Å². The Balaban J connectivity index is 0.000000207. The second kappa shape index (κ2) is 15.0. The lowest BCUT2D eigenvalue weighted by Gasteiger charge is -2.17. The van der Waals surface area contributed by atoms with Crippen LogP contribution in [0.4, 0.5) is 0 Å².